The molecule has 2 N–H and O–H groups in total. The van der Waals surface area contributed by atoms with Crippen molar-refractivity contribution < 1.29 is 9.59 Å². The Balaban J connectivity index is 1.51. The fraction of sp³-hybridized carbons (Fsp3) is 0.300. The van der Waals surface area contributed by atoms with Crippen molar-refractivity contribution in [2.45, 2.75) is 26.7 Å². The number of benzene rings is 2. The Labute approximate surface area is 162 Å². The molecule has 0 aliphatic heterocycles. The van der Waals surface area contributed by atoms with Crippen LogP contribution >= 0.6 is 11.3 Å². The number of aromatic nitrogens is 2. The zero-order valence-corrected chi connectivity index (χ0v) is 16.2. The smallest absolute Gasteiger partial charge is 0.245 e. The van der Waals surface area contributed by atoms with Crippen molar-refractivity contribution in [3.8, 4) is 0 Å². The zero-order chi connectivity index (χ0) is 19.2. The van der Waals surface area contributed by atoms with E-state index in [0.29, 0.717) is 11.0 Å². The molecule has 0 fully saturated rings. The average molecular weight is 382 g/mol. The van der Waals surface area contributed by atoms with Crippen LogP contribution in [0.2, 0.25) is 0 Å². The van der Waals surface area contributed by atoms with E-state index in [4.69, 9.17) is 0 Å². The first-order valence-corrected chi connectivity index (χ1v) is 9.68. The first-order chi connectivity index (χ1) is 13.0. The van der Waals surface area contributed by atoms with Crippen LogP contribution in [-0.2, 0) is 22.4 Å². The minimum atomic E-state index is -0.312. The second-order valence-corrected chi connectivity index (χ2v) is 7.80. The number of carbonyl (C=O) groups excluding carboxylic acids is 2. The Hall–Kier alpha value is -2.80. The van der Waals surface area contributed by atoms with Crippen molar-refractivity contribution in [1.82, 2.24) is 15.5 Å². The molecule has 0 aliphatic carbocycles. The van der Waals surface area contributed by atoms with Crippen LogP contribution < -0.4 is 10.6 Å². The van der Waals surface area contributed by atoms with E-state index >= 15 is 0 Å². The van der Waals surface area contributed by atoms with E-state index < -0.39 is 0 Å². The largest absolute Gasteiger partial charge is 0.347 e. The van der Waals surface area contributed by atoms with Crippen molar-refractivity contribution in [3.63, 3.8) is 0 Å². The van der Waals surface area contributed by atoms with Gasteiger partial charge in [-0.3, -0.25) is 14.9 Å². The summed E-state index contributed by atoms with van der Waals surface area (Å²) in [6.45, 7) is 4.11. The van der Waals surface area contributed by atoms with Gasteiger partial charge in [-0.2, -0.15) is 0 Å². The van der Waals surface area contributed by atoms with Gasteiger partial charge in [0.2, 0.25) is 16.9 Å². The third-order valence-electron chi connectivity index (χ3n) is 3.97. The highest BCUT2D eigenvalue weighted by atomic mass is 32.1. The maximum Gasteiger partial charge on any atom is 0.245 e. The molecule has 3 aromatic rings. The van der Waals surface area contributed by atoms with Crippen LogP contribution in [0.4, 0.5) is 5.13 Å². The van der Waals surface area contributed by atoms with Crippen molar-refractivity contribution >= 4 is 39.1 Å². The van der Waals surface area contributed by atoms with Gasteiger partial charge in [0.25, 0.3) is 0 Å². The molecule has 0 unspecified atom stereocenters. The fourth-order valence-electron chi connectivity index (χ4n) is 2.76. The number of carbonyl (C=O) groups is 2. The van der Waals surface area contributed by atoms with Gasteiger partial charge in [0.05, 0.1) is 13.0 Å². The molecule has 0 radical (unpaired) electrons. The number of nitrogens with one attached hydrogen (secondary N) is 2. The van der Waals surface area contributed by atoms with Gasteiger partial charge in [-0.25, -0.2) is 0 Å². The number of nitrogens with zero attached hydrogens (tertiary/aromatic N) is 2. The molecule has 1 heterocycles. The van der Waals surface area contributed by atoms with Crippen LogP contribution in [0.3, 0.4) is 0 Å². The lowest BCUT2D eigenvalue weighted by atomic mass is 10.0. The summed E-state index contributed by atoms with van der Waals surface area (Å²) in [7, 11) is 0. The van der Waals surface area contributed by atoms with Crippen molar-refractivity contribution in [2.75, 3.05) is 11.9 Å². The van der Waals surface area contributed by atoms with Crippen LogP contribution in [0.15, 0.2) is 42.5 Å². The third-order valence-corrected chi connectivity index (χ3v) is 4.83. The molecule has 2 aromatic carbocycles. The molecule has 0 atom stereocenters. The Morgan fingerprint density at radius 2 is 1.81 bits per heavy atom. The van der Waals surface area contributed by atoms with E-state index in [9.17, 15) is 9.59 Å². The summed E-state index contributed by atoms with van der Waals surface area (Å²) in [6.07, 6.45) is 1.06. The summed E-state index contributed by atoms with van der Waals surface area (Å²) in [6, 6.07) is 13.8. The second-order valence-electron chi connectivity index (χ2n) is 6.74. The Morgan fingerprint density at radius 1 is 1.04 bits per heavy atom. The standard InChI is InChI=1S/C20H22N4O2S/c1-13(2)10-19-23-24-20(27-19)22-18(26)12-21-17(25)11-15-8-5-7-14-6-3-4-9-16(14)15/h3-9,13H,10-12H2,1-2H3,(H,21,25)(H,22,24,26). The Kier molecular flexibility index (Phi) is 6.13. The molecule has 1 aromatic heterocycles. The molecule has 0 saturated carbocycles. The van der Waals surface area contributed by atoms with E-state index in [1.807, 2.05) is 42.5 Å². The Bertz CT molecular complexity index is 947. The van der Waals surface area contributed by atoms with Crippen LogP contribution in [0, 0.1) is 5.92 Å². The van der Waals surface area contributed by atoms with Gasteiger partial charge >= 0.3 is 0 Å². The van der Waals surface area contributed by atoms with Gasteiger partial charge in [-0.05, 0) is 22.3 Å². The third kappa shape index (κ3) is 5.34. The predicted octanol–water partition coefficient (Wildman–Crippen LogP) is 3.19. The number of amides is 2. The number of fused-ring (bicyclic) bond motifs is 1. The molecule has 0 spiro atoms. The number of hydrogen-bond acceptors (Lipinski definition) is 5. The summed E-state index contributed by atoms with van der Waals surface area (Å²) in [5.41, 5.74) is 0.938. The van der Waals surface area contributed by atoms with Gasteiger partial charge in [-0.15, -0.1) is 10.2 Å². The van der Waals surface area contributed by atoms with Crippen LogP contribution in [0.25, 0.3) is 10.8 Å². The van der Waals surface area contributed by atoms with Crippen molar-refractivity contribution in [3.05, 3.63) is 53.0 Å². The van der Waals surface area contributed by atoms with Gasteiger partial charge in [0.15, 0.2) is 0 Å². The normalized spacial score (nSPS) is 10.9. The van der Waals surface area contributed by atoms with Crippen LogP contribution in [0.1, 0.15) is 24.4 Å². The molecule has 6 nitrogen and oxygen atoms in total. The van der Waals surface area contributed by atoms with E-state index in [-0.39, 0.29) is 24.8 Å². The summed E-state index contributed by atoms with van der Waals surface area (Å²) < 4.78 is 0. The fourth-order valence-corrected chi connectivity index (χ4v) is 3.73. The molecule has 0 aliphatic rings. The number of rotatable bonds is 7. The lowest BCUT2D eigenvalue weighted by molar-refractivity contribution is -0.123. The van der Waals surface area contributed by atoms with Gasteiger partial charge in [-0.1, -0.05) is 67.6 Å². The number of anilines is 1. The Morgan fingerprint density at radius 3 is 2.63 bits per heavy atom. The number of hydrogen-bond donors (Lipinski definition) is 2. The summed E-state index contributed by atoms with van der Waals surface area (Å²) in [5.74, 6) is -0.0253. The summed E-state index contributed by atoms with van der Waals surface area (Å²) in [5, 5.41) is 16.8. The summed E-state index contributed by atoms with van der Waals surface area (Å²) >= 11 is 1.36. The maximum atomic E-state index is 12.2. The quantitative estimate of drug-likeness (QED) is 0.657. The minimum Gasteiger partial charge on any atom is -0.347 e. The molecule has 7 heteroatoms. The van der Waals surface area contributed by atoms with E-state index in [1.54, 1.807) is 0 Å². The van der Waals surface area contributed by atoms with Crippen molar-refractivity contribution in [1.29, 1.82) is 0 Å². The van der Waals surface area contributed by atoms with Crippen LogP contribution in [-0.4, -0.2) is 28.6 Å². The molecule has 3 rings (SSSR count). The maximum absolute atomic E-state index is 12.2. The van der Waals surface area contributed by atoms with E-state index in [0.717, 1.165) is 27.8 Å². The molecule has 0 bridgehead atoms. The highest BCUT2D eigenvalue weighted by molar-refractivity contribution is 7.15. The predicted molar refractivity (Wildman–Crippen MR) is 108 cm³/mol. The molecule has 27 heavy (non-hydrogen) atoms. The lowest BCUT2D eigenvalue weighted by Gasteiger charge is -2.07. The molecule has 140 valence electrons. The minimum absolute atomic E-state index is 0.0946. The lowest BCUT2D eigenvalue weighted by Crippen LogP contribution is -2.33. The first-order valence-electron chi connectivity index (χ1n) is 8.87. The molecule has 0 saturated heterocycles. The monoisotopic (exact) mass is 382 g/mol. The van der Waals surface area contributed by atoms with Crippen LogP contribution in [0.5, 0.6) is 0 Å². The van der Waals surface area contributed by atoms with Crippen molar-refractivity contribution in [2.24, 2.45) is 5.92 Å². The molecule has 2 amide bonds. The first kappa shape index (κ1) is 19.0. The van der Waals surface area contributed by atoms with E-state index in [1.165, 1.54) is 11.3 Å². The zero-order valence-electron chi connectivity index (χ0n) is 15.4. The average Bonchev–Trinajstić information content (AvgIpc) is 3.06. The van der Waals surface area contributed by atoms with Gasteiger partial charge in [0, 0.05) is 6.42 Å². The van der Waals surface area contributed by atoms with E-state index in [2.05, 4.69) is 34.7 Å². The topological polar surface area (TPSA) is 84.0 Å². The molecular weight excluding hydrogens is 360 g/mol. The SMILES string of the molecule is CC(C)Cc1nnc(NC(=O)CNC(=O)Cc2cccc3ccccc23)s1. The second kappa shape index (κ2) is 8.73. The highest BCUT2D eigenvalue weighted by Gasteiger charge is 2.11. The highest BCUT2D eigenvalue weighted by Crippen LogP contribution is 2.19. The summed E-state index contributed by atoms with van der Waals surface area (Å²) in [4.78, 5) is 24.2. The molecular formula is C20H22N4O2S. The van der Waals surface area contributed by atoms with Gasteiger partial charge in [0.1, 0.15) is 5.01 Å². The van der Waals surface area contributed by atoms with Gasteiger partial charge < -0.3 is 5.32 Å².